The third kappa shape index (κ3) is 3.96. The Morgan fingerprint density at radius 3 is 2.62 bits per heavy atom. The highest BCUT2D eigenvalue weighted by molar-refractivity contribution is 7.89. The van der Waals surface area contributed by atoms with Crippen LogP contribution >= 0.6 is 0 Å². The molecule has 0 unspecified atom stereocenters. The zero-order chi connectivity index (χ0) is 24.1. The van der Waals surface area contributed by atoms with Crippen LogP contribution in [0.1, 0.15) is 24.1 Å². The monoisotopic (exact) mass is 488 g/mol. The fraction of sp³-hybridized carbons (Fsp3) is 0.333. The summed E-state index contributed by atoms with van der Waals surface area (Å²) in [6.45, 7) is -0.857. The molecule has 0 saturated heterocycles. The molecular weight excluding hydrogens is 467 g/mol. The maximum absolute atomic E-state index is 13.4. The molecule has 1 aliphatic rings. The van der Waals surface area contributed by atoms with Crippen molar-refractivity contribution >= 4 is 20.9 Å². The fourth-order valence-electron chi connectivity index (χ4n) is 3.83. The molecule has 5 rings (SSSR count). The molecule has 3 aromatic heterocycles. The topological polar surface area (TPSA) is 134 Å². The molecule has 3 heterocycles. The van der Waals surface area contributed by atoms with Gasteiger partial charge in [-0.05, 0) is 31.0 Å². The van der Waals surface area contributed by atoms with Gasteiger partial charge in [0.1, 0.15) is 12.9 Å². The average Bonchev–Trinajstić information content (AvgIpc) is 3.17. The summed E-state index contributed by atoms with van der Waals surface area (Å²) < 4.78 is 50.4. The number of oxazole rings is 1. The summed E-state index contributed by atoms with van der Waals surface area (Å²) in [4.78, 5) is 30.5. The summed E-state index contributed by atoms with van der Waals surface area (Å²) in [6.07, 6.45) is 6.63. The van der Waals surface area contributed by atoms with Crippen LogP contribution in [-0.2, 0) is 30.2 Å². The smallest absolute Gasteiger partial charge is 0.332 e. The molecule has 178 valence electrons. The van der Waals surface area contributed by atoms with Crippen LogP contribution in [0.2, 0.25) is 0 Å². The number of benzene rings is 1. The molecule has 1 aromatic carbocycles. The van der Waals surface area contributed by atoms with Gasteiger partial charge in [0, 0.05) is 18.8 Å². The molecule has 0 bridgehead atoms. The molecule has 1 fully saturated rings. The van der Waals surface area contributed by atoms with E-state index in [0.717, 1.165) is 4.57 Å². The number of fused-ring (bicyclic) bond motifs is 1. The average molecular weight is 489 g/mol. The molecule has 4 aromatic rings. The lowest BCUT2D eigenvalue weighted by atomic mass is 10.2. The van der Waals surface area contributed by atoms with Crippen LogP contribution in [0.15, 0.2) is 62.2 Å². The minimum Gasteiger partial charge on any atom is -0.451 e. The third-order valence-electron chi connectivity index (χ3n) is 5.87. The summed E-state index contributed by atoms with van der Waals surface area (Å²) in [7, 11) is -2.37. The van der Waals surface area contributed by atoms with Crippen molar-refractivity contribution in [2.75, 3.05) is 6.67 Å². The number of halogens is 1. The lowest BCUT2D eigenvalue weighted by molar-refractivity contribution is 0.393. The van der Waals surface area contributed by atoms with Gasteiger partial charge in [-0.15, -0.1) is 0 Å². The van der Waals surface area contributed by atoms with Gasteiger partial charge >= 0.3 is 5.69 Å². The minimum atomic E-state index is -4.08. The first-order valence-electron chi connectivity index (χ1n) is 10.4. The second kappa shape index (κ2) is 8.02. The predicted octanol–water partition coefficient (Wildman–Crippen LogP) is 0.762. The van der Waals surface area contributed by atoms with Crippen LogP contribution in [0.25, 0.3) is 10.9 Å². The number of sulfonamides is 1. The van der Waals surface area contributed by atoms with Gasteiger partial charge in [0.15, 0.2) is 6.39 Å². The lowest BCUT2D eigenvalue weighted by Crippen LogP contribution is -2.41. The number of rotatable bonds is 8. The Hall–Kier alpha value is -3.58. The molecule has 13 heteroatoms. The van der Waals surface area contributed by atoms with Gasteiger partial charge in [-0.1, -0.05) is 0 Å². The quantitative estimate of drug-likeness (QED) is 0.387. The standard InChI is InChI=1S/C21H21FN6O5S/c1-26-8-14(7-24-26)9-28-19(29)17-6-16(34(31,32)25-21(12-22)4-5-21)2-3-18(17)27(20(28)30)10-15-11-33-13-23-15/h2-3,6-8,11,13,25H,4-5,9-10,12H2,1H3. The van der Waals surface area contributed by atoms with Gasteiger partial charge in [0.05, 0.1) is 46.3 Å². The third-order valence-corrected chi connectivity index (χ3v) is 7.45. The molecule has 11 nitrogen and oxygen atoms in total. The van der Waals surface area contributed by atoms with Crippen molar-refractivity contribution in [3.63, 3.8) is 0 Å². The normalized spacial score (nSPS) is 15.1. The zero-order valence-corrected chi connectivity index (χ0v) is 19.0. The van der Waals surface area contributed by atoms with Crippen LogP contribution in [0.4, 0.5) is 4.39 Å². The van der Waals surface area contributed by atoms with E-state index in [1.165, 1.54) is 41.6 Å². The van der Waals surface area contributed by atoms with Gasteiger partial charge < -0.3 is 4.42 Å². The Morgan fingerprint density at radius 2 is 2.00 bits per heavy atom. The second-order valence-corrected chi connectivity index (χ2v) is 10.1. The van der Waals surface area contributed by atoms with E-state index in [1.807, 2.05) is 0 Å². The van der Waals surface area contributed by atoms with Gasteiger partial charge in [0.25, 0.3) is 5.56 Å². The Bertz CT molecular complexity index is 1600. The number of nitrogens with one attached hydrogen (secondary N) is 1. The van der Waals surface area contributed by atoms with E-state index in [2.05, 4.69) is 14.8 Å². The number of hydrogen-bond donors (Lipinski definition) is 1. The summed E-state index contributed by atoms with van der Waals surface area (Å²) >= 11 is 0. The summed E-state index contributed by atoms with van der Waals surface area (Å²) in [5, 5.41) is 4.09. The number of aromatic nitrogens is 5. The molecule has 0 atom stereocenters. The van der Waals surface area contributed by atoms with E-state index in [-0.39, 0.29) is 28.9 Å². The number of aryl methyl sites for hydroxylation is 1. The highest BCUT2D eigenvalue weighted by Gasteiger charge is 2.46. The van der Waals surface area contributed by atoms with Crippen molar-refractivity contribution < 1.29 is 17.2 Å². The second-order valence-electron chi connectivity index (χ2n) is 8.46. The molecule has 0 radical (unpaired) electrons. The van der Waals surface area contributed by atoms with Gasteiger partial charge in [-0.3, -0.25) is 18.6 Å². The molecular formula is C21H21FN6O5S. The molecule has 0 spiro atoms. The Morgan fingerprint density at radius 1 is 1.21 bits per heavy atom. The zero-order valence-electron chi connectivity index (χ0n) is 18.1. The first kappa shape index (κ1) is 22.2. The van der Waals surface area contributed by atoms with E-state index >= 15 is 0 Å². The van der Waals surface area contributed by atoms with Gasteiger partial charge in [-0.25, -0.2) is 27.3 Å². The maximum atomic E-state index is 13.4. The molecule has 34 heavy (non-hydrogen) atoms. The van der Waals surface area contributed by atoms with Gasteiger partial charge in [0.2, 0.25) is 10.0 Å². The highest BCUT2D eigenvalue weighted by atomic mass is 32.2. The van der Waals surface area contributed by atoms with Crippen molar-refractivity contribution in [2.24, 2.45) is 7.05 Å². The van der Waals surface area contributed by atoms with E-state index in [1.54, 1.807) is 17.9 Å². The van der Waals surface area contributed by atoms with Crippen LogP contribution in [0.3, 0.4) is 0 Å². The molecule has 0 amide bonds. The lowest BCUT2D eigenvalue weighted by Gasteiger charge is -2.16. The van der Waals surface area contributed by atoms with Gasteiger partial charge in [-0.2, -0.15) is 5.10 Å². The minimum absolute atomic E-state index is 0.00839. The van der Waals surface area contributed by atoms with Crippen molar-refractivity contribution in [1.82, 2.24) is 28.6 Å². The number of nitrogens with zero attached hydrogens (tertiary/aromatic N) is 5. The van der Waals surface area contributed by atoms with E-state index in [9.17, 15) is 22.4 Å². The SMILES string of the molecule is Cn1cc(Cn2c(=O)c3cc(S(=O)(=O)NC4(CF)CC4)ccc3n(Cc3cocn3)c2=O)cn1. The first-order chi connectivity index (χ1) is 16.2. The molecule has 0 aliphatic heterocycles. The summed E-state index contributed by atoms with van der Waals surface area (Å²) in [5.74, 6) is 0. The number of alkyl halides is 1. The molecule has 1 saturated carbocycles. The molecule has 1 N–H and O–H groups in total. The largest absolute Gasteiger partial charge is 0.451 e. The van der Waals surface area contributed by atoms with E-state index in [4.69, 9.17) is 4.42 Å². The van der Waals surface area contributed by atoms with Crippen molar-refractivity contribution in [1.29, 1.82) is 0 Å². The number of hydrogen-bond acceptors (Lipinski definition) is 7. The van der Waals surface area contributed by atoms with Crippen LogP contribution in [0.5, 0.6) is 0 Å². The van der Waals surface area contributed by atoms with Crippen molar-refractivity contribution in [3.05, 3.63) is 75.3 Å². The van der Waals surface area contributed by atoms with Crippen LogP contribution in [-0.4, -0.2) is 44.5 Å². The van der Waals surface area contributed by atoms with E-state index < -0.39 is 33.5 Å². The molecule has 1 aliphatic carbocycles. The Kier molecular flexibility index (Phi) is 5.24. The maximum Gasteiger partial charge on any atom is 0.332 e. The summed E-state index contributed by atoms with van der Waals surface area (Å²) in [6, 6.07) is 3.91. The van der Waals surface area contributed by atoms with Crippen LogP contribution in [0, 0.1) is 0 Å². The Labute approximate surface area is 192 Å². The predicted molar refractivity (Wildman–Crippen MR) is 119 cm³/mol. The van der Waals surface area contributed by atoms with Crippen LogP contribution < -0.4 is 16.0 Å². The summed E-state index contributed by atoms with van der Waals surface area (Å²) in [5.41, 5.74) is -1.01. The Balaban J connectivity index is 1.68. The fourth-order valence-corrected chi connectivity index (χ4v) is 5.30. The highest BCUT2D eigenvalue weighted by Crippen LogP contribution is 2.37. The van der Waals surface area contributed by atoms with E-state index in [0.29, 0.717) is 24.1 Å². The van der Waals surface area contributed by atoms with Crippen molar-refractivity contribution in [3.8, 4) is 0 Å². The first-order valence-corrected chi connectivity index (χ1v) is 11.9. The van der Waals surface area contributed by atoms with Crippen molar-refractivity contribution in [2.45, 2.75) is 36.4 Å².